The number of aliphatic hydroxyl groups excluding tert-OH is 2. The summed E-state index contributed by atoms with van der Waals surface area (Å²) >= 11 is 0.749. The number of guanidine groups is 1. The third-order valence-corrected chi connectivity index (χ3v) is 25.0. The fraction of sp³-hybridized carbons (Fsp3) is 0.544. The first-order valence-corrected chi connectivity index (χ1v) is 46.4. The number of likely N-dealkylation sites (N-methyl/N-ethyl adjacent to an activating group) is 3. The Morgan fingerprint density at radius 2 is 1.02 bits per heavy atom. The summed E-state index contributed by atoms with van der Waals surface area (Å²) in [6.45, 7) is 6.11. The summed E-state index contributed by atoms with van der Waals surface area (Å²) < 4.78 is 0. The predicted octanol–water partition coefficient (Wildman–Crippen LogP) is -3.63. The van der Waals surface area contributed by atoms with E-state index in [1.807, 2.05) is 13.8 Å². The van der Waals surface area contributed by atoms with Gasteiger partial charge in [-0.1, -0.05) is 102 Å². The molecule has 0 spiro atoms. The van der Waals surface area contributed by atoms with Crippen molar-refractivity contribution in [1.82, 2.24) is 93.0 Å². The van der Waals surface area contributed by atoms with Crippen molar-refractivity contribution in [3.05, 3.63) is 102 Å². The number of rotatable bonds is 27. The van der Waals surface area contributed by atoms with Crippen molar-refractivity contribution in [3.63, 3.8) is 0 Å². The summed E-state index contributed by atoms with van der Waals surface area (Å²) in [5.74, 6) is -19.8. The highest BCUT2D eigenvalue weighted by Crippen LogP contribution is 2.28. The third-order valence-electron chi connectivity index (χ3n) is 24.0. The van der Waals surface area contributed by atoms with Gasteiger partial charge in [-0.2, -0.15) is 0 Å². The number of aromatic hydroxyl groups is 1. The second kappa shape index (κ2) is 51.1. The van der Waals surface area contributed by atoms with Crippen LogP contribution in [0.3, 0.4) is 0 Å². The first-order valence-electron chi connectivity index (χ1n) is 45.2. The van der Waals surface area contributed by atoms with E-state index < -0.39 is 266 Å². The number of nitrogens with two attached hydrogens (primary N) is 4. The number of nitrogens with one attached hydrogen (secondary N) is 14. The van der Waals surface area contributed by atoms with Crippen LogP contribution in [-0.2, 0) is 106 Å². The molecule has 8 rings (SSSR count). The van der Waals surface area contributed by atoms with E-state index in [9.17, 15) is 68.1 Å². The lowest BCUT2D eigenvalue weighted by atomic mass is 9.99. The number of H-pyrrole nitrogens is 2. The highest BCUT2D eigenvalue weighted by atomic mass is 32.2. The van der Waals surface area contributed by atoms with Gasteiger partial charge in [-0.15, -0.1) is 11.8 Å². The summed E-state index contributed by atoms with van der Waals surface area (Å²) in [7, 11) is 3.88. The van der Waals surface area contributed by atoms with E-state index in [-0.39, 0.29) is 83.0 Å². The Kier molecular flexibility index (Phi) is 40.5. The number of fused-ring (bicyclic) bond motifs is 4. The number of carbonyl (C=O) groups excluding carboxylic acids is 18. The smallest absolute Gasteiger partial charge is 0.246 e. The van der Waals surface area contributed by atoms with Gasteiger partial charge in [-0.25, -0.2) is 0 Å². The number of phenolic OH excluding ortho intramolecular Hbond substituents is 1. The number of primary amides is 3. The predicted molar refractivity (Wildman–Crippen MR) is 496 cm³/mol. The first-order chi connectivity index (χ1) is 64.1. The van der Waals surface area contributed by atoms with Crippen LogP contribution in [0.5, 0.6) is 5.75 Å². The van der Waals surface area contributed by atoms with Crippen LogP contribution in [0.1, 0.15) is 148 Å². The zero-order valence-corrected chi connectivity index (χ0v) is 78.0. The largest absolute Gasteiger partial charge is 0.508 e. The SMILES string of the molecule is CCCC[C@H]1C(=O)N(C)[C@@H](CCCC)C(=O)N[C@@H](CCCNC(=N)N)C(=O)N[C@H](C(=O)NCC(N)=O)CSCC(=O)N[C@@H](Cc2ccc(O)cc2)C(=O)N(C)[C@@H](C)C(=O)N[C@H](CC(N)=O)C(=O)N2CCC[C@H]2C(=O)N[C@@H](CC(N)=O)C(=O)N[C@@H](CC(C)C)C(=O)N2C[C@H](O)C[C@H]2C(=O)N[C@@H](Cc2c[nH]c3ccccc23)C(=O)N[C@@H](CCO)C(=O)N[C@@H](Cc2c[nH]c3ccccc23)C(=O)N1C. The number of carbonyl (C=O) groups is 18. The van der Waals surface area contributed by atoms with E-state index in [0.29, 0.717) is 64.2 Å². The van der Waals surface area contributed by atoms with Crippen molar-refractivity contribution in [1.29, 1.82) is 5.41 Å². The monoisotopic (exact) mass is 1900 g/mol. The van der Waals surface area contributed by atoms with Crippen molar-refractivity contribution in [2.75, 3.05) is 65.4 Å². The normalized spacial score (nSPS) is 24.7. The fourth-order valence-corrected chi connectivity index (χ4v) is 17.4. The number of phenols is 1. The molecule has 0 aliphatic carbocycles. The Labute approximate surface area is 784 Å². The summed E-state index contributed by atoms with van der Waals surface area (Å²) in [6.07, 6.45) is -0.501. The van der Waals surface area contributed by atoms with E-state index in [1.165, 1.54) is 52.3 Å². The molecule has 3 fully saturated rings. The number of aromatic nitrogens is 2. The van der Waals surface area contributed by atoms with Gasteiger partial charge in [-0.3, -0.25) is 91.7 Å². The molecule has 3 aliphatic heterocycles. The Morgan fingerprint density at radius 1 is 0.519 bits per heavy atom. The van der Waals surface area contributed by atoms with Crippen molar-refractivity contribution in [2.45, 2.75) is 241 Å². The molecule has 2 aromatic heterocycles. The molecule has 3 aliphatic rings. The number of unbranched alkanes of at least 4 members (excludes halogenated alkanes) is 2. The van der Waals surface area contributed by atoms with Crippen LogP contribution in [-0.4, -0.2) is 318 Å². The van der Waals surface area contributed by atoms with Crippen molar-refractivity contribution < 1.29 is 102 Å². The number of nitrogens with zero attached hydrogens (tertiary/aromatic N) is 5. The Morgan fingerprint density at radius 3 is 1.62 bits per heavy atom. The third kappa shape index (κ3) is 30.5. The molecule has 5 aromatic rings. The molecule has 0 bridgehead atoms. The molecule has 25 N–H and O–H groups in total. The van der Waals surface area contributed by atoms with Crippen LogP contribution in [0.4, 0.5) is 0 Å². The van der Waals surface area contributed by atoms with Gasteiger partial charge in [0.05, 0.1) is 31.2 Å². The number of hydrogen-bond donors (Lipinski definition) is 21. The lowest BCUT2D eigenvalue weighted by Crippen LogP contribution is -2.61. The van der Waals surface area contributed by atoms with E-state index in [1.54, 1.807) is 74.8 Å². The van der Waals surface area contributed by atoms with Crippen LogP contribution in [0.2, 0.25) is 0 Å². The van der Waals surface area contributed by atoms with Gasteiger partial charge in [0, 0.05) is 113 Å². The number of amides is 18. The van der Waals surface area contributed by atoms with E-state index in [4.69, 9.17) is 28.3 Å². The number of aliphatic hydroxyl groups is 2. The van der Waals surface area contributed by atoms with Gasteiger partial charge in [-0.05, 0) is 105 Å². The van der Waals surface area contributed by atoms with Crippen LogP contribution in [0.15, 0.2) is 85.2 Å². The molecular formula is C90H129N23O21S. The molecule has 44 nitrogen and oxygen atoms in total. The van der Waals surface area contributed by atoms with Gasteiger partial charge in [0.15, 0.2) is 5.96 Å². The Bertz CT molecular complexity index is 5090. The number of thioether (sulfide) groups is 1. The van der Waals surface area contributed by atoms with Crippen molar-refractivity contribution in [2.24, 2.45) is 28.9 Å². The molecule has 0 radical (unpaired) electrons. The summed E-state index contributed by atoms with van der Waals surface area (Å²) in [6, 6.07) is -2.80. The van der Waals surface area contributed by atoms with Gasteiger partial charge < -0.3 is 131 Å². The second-order valence-electron chi connectivity index (χ2n) is 34.7. The number of para-hydroxylation sites is 2. The zero-order chi connectivity index (χ0) is 99.2. The molecule has 0 saturated carbocycles. The number of benzene rings is 3. The lowest BCUT2D eigenvalue weighted by molar-refractivity contribution is -0.149. The average Bonchev–Trinajstić information content (AvgIpc) is 1.71. The molecule has 0 unspecified atom stereocenters. The standard InChI is InChI=1S/C90H129N23O21S/c1-9-11-24-68-82(127)102-59(23-17-32-96-90(94)95)78(123)108-67(77(122)99-44-74(93)119)46-135-47-75(120)100-64(36-50-27-29-53(115)30-28-50)85(130)109(6)49(5)76(121)105-66(41-73(92)118)87(132)112-33-18-26-69(112)83(128)104-62(40-72(91)117)81(126)106-63(35-48(3)4)88(133)113-45-54(116)39-71(113)84(129)103-61(37-51-42-97-57-21-15-13-19-55(51)57)80(125)101-60(31-34-114)79(124)107-65(38-52-43-98-58-22-16-14-20-56(52)58)86(131)111(8)70(25-12-10-2)89(134)110(68)7/h13-16,19-22,27-30,42-43,48-49,54,59-71,97-98,114-116H,9-12,17-18,23-26,31-41,44-47H2,1-8H3,(H2,91,117)(H2,92,118)(H2,93,119)(H,99,122)(H,100,120)(H,101,125)(H,102,127)(H,103,129)(H,104,128)(H,105,121)(H,106,126)(H,107,124)(H,108,123)(H4,94,95,96)/t49-,54+,59-,60-,61-,62-,63-,64-,65-,66+,67-,68-,69-,70-,71-/m0/s1. The molecule has 3 aromatic carbocycles. The highest BCUT2D eigenvalue weighted by molar-refractivity contribution is 8.00. The maximum absolute atomic E-state index is 15.8. The minimum absolute atomic E-state index is 0.0142. The average molecular weight is 1900 g/mol. The zero-order valence-electron chi connectivity index (χ0n) is 77.1. The molecule has 18 amide bonds. The molecular weight excluding hydrogens is 1770 g/mol. The van der Waals surface area contributed by atoms with Crippen LogP contribution in [0.25, 0.3) is 21.8 Å². The van der Waals surface area contributed by atoms with Crippen molar-refractivity contribution >= 4 is 146 Å². The molecule has 15 atom stereocenters. The van der Waals surface area contributed by atoms with Gasteiger partial charge in [0.2, 0.25) is 106 Å². The minimum Gasteiger partial charge on any atom is -0.508 e. The van der Waals surface area contributed by atoms with Gasteiger partial charge >= 0.3 is 0 Å². The van der Waals surface area contributed by atoms with Crippen LogP contribution >= 0.6 is 11.8 Å². The molecule has 5 heterocycles. The van der Waals surface area contributed by atoms with Crippen molar-refractivity contribution in [3.8, 4) is 5.75 Å². The maximum atomic E-state index is 15.8. The number of hydrogen-bond acceptors (Lipinski definition) is 23. The Hall–Kier alpha value is -13.5. The van der Waals surface area contributed by atoms with Crippen LogP contribution in [0, 0.1) is 11.3 Å². The summed E-state index contributed by atoms with van der Waals surface area (Å²) in [4.78, 5) is 274. The summed E-state index contributed by atoms with van der Waals surface area (Å²) in [5, 5.41) is 70.2. The van der Waals surface area contributed by atoms with Gasteiger partial charge in [0.1, 0.15) is 90.3 Å². The van der Waals surface area contributed by atoms with E-state index in [0.717, 1.165) is 36.3 Å². The summed E-state index contributed by atoms with van der Waals surface area (Å²) in [5.41, 5.74) is 25.1. The minimum atomic E-state index is -1.87. The number of aromatic amines is 2. The van der Waals surface area contributed by atoms with E-state index in [2.05, 4.69) is 68.5 Å². The highest BCUT2D eigenvalue weighted by Gasteiger charge is 2.47. The molecule has 736 valence electrons. The second-order valence-corrected chi connectivity index (χ2v) is 35.7. The molecule has 45 heteroatoms. The maximum Gasteiger partial charge on any atom is 0.246 e. The van der Waals surface area contributed by atoms with Gasteiger partial charge in [0.25, 0.3) is 0 Å². The Balaban J connectivity index is 1.21. The first kappa shape index (κ1) is 107. The molecule has 135 heavy (non-hydrogen) atoms. The lowest BCUT2D eigenvalue weighted by Gasteiger charge is -2.36. The van der Waals surface area contributed by atoms with Crippen LogP contribution < -0.4 is 81.4 Å². The fourth-order valence-electron chi connectivity index (χ4n) is 16.6. The topological polar surface area (TPSA) is 676 Å². The van der Waals surface area contributed by atoms with E-state index >= 15 is 33.6 Å². The molecule has 3 saturated heterocycles. The quantitative estimate of drug-likeness (QED) is 0.0137.